The van der Waals surface area contributed by atoms with Crippen LogP contribution in [0.3, 0.4) is 0 Å². The first-order chi connectivity index (χ1) is 13.6. The number of carbonyl (C=O) groups is 1. The molecule has 0 aliphatic heterocycles. The van der Waals surface area contributed by atoms with Gasteiger partial charge in [0.1, 0.15) is 11.3 Å². The smallest absolute Gasteiger partial charge is 0.271 e. The molecular weight excluding hydrogens is 350 g/mol. The number of aryl methyl sites for hydroxylation is 1. The summed E-state index contributed by atoms with van der Waals surface area (Å²) < 4.78 is 1.72. The Hall–Kier alpha value is -3.98. The van der Waals surface area contributed by atoms with Crippen LogP contribution in [0.5, 0.6) is 0 Å². The fourth-order valence-corrected chi connectivity index (χ4v) is 2.97. The molecule has 4 rings (SSSR count). The summed E-state index contributed by atoms with van der Waals surface area (Å²) in [6.45, 7) is 2.37. The average Bonchev–Trinajstić information content (AvgIpc) is 3.15. The first kappa shape index (κ1) is 17.4. The molecule has 0 bridgehead atoms. The molecule has 6 nitrogen and oxygen atoms in total. The Bertz CT molecular complexity index is 1200. The number of nitriles is 1. The summed E-state index contributed by atoms with van der Waals surface area (Å²) in [5, 5.41) is 11.8. The molecule has 0 aliphatic rings. The lowest BCUT2D eigenvalue weighted by Gasteiger charge is -2.06. The van der Waals surface area contributed by atoms with Crippen LogP contribution < -0.4 is 5.32 Å². The largest absolute Gasteiger partial charge is 0.347 e. The minimum atomic E-state index is -0.254. The summed E-state index contributed by atoms with van der Waals surface area (Å²) >= 11 is 0. The Morgan fingerprint density at radius 3 is 2.71 bits per heavy atom. The normalized spacial score (nSPS) is 10.6. The van der Waals surface area contributed by atoms with Crippen molar-refractivity contribution < 1.29 is 4.79 Å². The predicted molar refractivity (Wildman–Crippen MR) is 105 cm³/mol. The van der Waals surface area contributed by atoms with Gasteiger partial charge >= 0.3 is 0 Å². The molecule has 0 spiro atoms. The highest BCUT2D eigenvalue weighted by Gasteiger charge is 2.11. The van der Waals surface area contributed by atoms with Crippen molar-refractivity contribution in [2.45, 2.75) is 13.5 Å². The van der Waals surface area contributed by atoms with E-state index in [1.165, 1.54) is 0 Å². The SMILES string of the molecule is Cc1cc(-c2ccc(CNC(=O)c3cn4ccc(C#N)cc4n3)cc2)ccn1. The monoisotopic (exact) mass is 367 g/mol. The molecule has 1 amide bonds. The third-order valence-electron chi connectivity index (χ3n) is 4.46. The number of hydrogen-bond acceptors (Lipinski definition) is 4. The quantitative estimate of drug-likeness (QED) is 0.598. The maximum atomic E-state index is 12.4. The lowest BCUT2D eigenvalue weighted by atomic mass is 10.0. The van der Waals surface area contributed by atoms with Crippen molar-refractivity contribution in [3.8, 4) is 17.2 Å². The number of carbonyl (C=O) groups excluding carboxylic acids is 1. The molecule has 1 aromatic carbocycles. The topological polar surface area (TPSA) is 83.1 Å². The molecule has 6 heteroatoms. The van der Waals surface area contributed by atoms with Gasteiger partial charge in [0.15, 0.2) is 0 Å². The molecule has 0 saturated carbocycles. The number of aromatic nitrogens is 3. The molecule has 0 unspecified atom stereocenters. The fourth-order valence-electron chi connectivity index (χ4n) is 2.97. The van der Waals surface area contributed by atoms with Crippen molar-refractivity contribution in [2.24, 2.45) is 0 Å². The number of benzene rings is 1. The van der Waals surface area contributed by atoms with E-state index in [1.807, 2.05) is 43.3 Å². The maximum absolute atomic E-state index is 12.4. The van der Waals surface area contributed by atoms with E-state index in [2.05, 4.69) is 21.4 Å². The van der Waals surface area contributed by atoms with Gasteiger partial charge in [0.2, 0.25) is 0 Å². The summed E-state index contributed by atoms with van der Waals surface area (Å²) in [4.78, 5) is 20.9. The van der Waals surface area contributed by atoms with E-state index in [-0.39, 0.29) is 5.91 Å². The molecule has 3 aromatic heterocycles. The molecule has 4 aromatic rings. The van der Waals surface area contributed by atoms with Gasteiger partial charge in [-0.15, -0.1) is 0 Å². The number of amides is 1. The summed E-state index contributed by atoms with van der Waals surface area (Å²) in [6.07, 6.45) is 5.17. The first-order valence-corrected chi connectivity index (χ1v) is 8.81. The van der Waals surface area contributed by atoms with E-state index in [4.69, 9.17) is 5.26 Å². The molecule has 28 heavy (non-hydrogen) atoms. The predicted octanol–water partition coefficient (Wildman–Crippen LogP) is 3.51. The third kappa shape index (κ3) is 3.60. The van der Waals surface area contributed by atoms with Crippen LogP contribution in [0, 0.1) is 18.3 Å². The number of rotatable bonds is 4. The number of nitrogens with zero attached hydrogens (tertiary/aromatic N) is 4. The van der Waals surface area contributed by atoms with Crippen molar-refractivity contribution >= 4 is 11.6 Å². The van der Waals surface area contributed by atoms with E-state index in [9.17, 15) is 4.79 Å². The number of hydrogen-bond donors (Lipinski definition) is 1. The molecule has 0 aliphatic carbocycles. The molecule has 0 atom stereocenters. The van der Waals surface area contributed by atoms with E-state index in [0.29, 0.717) is 23.4 Å². The average molecular weight is 367 g/mol. The fraction of sp³-hybridized carbons (Fsp3) is 0.0909. The molecule has 0 fully saturated rings. The van der Waals surface area contributed by atoms with Crippen LogP contribution in [0.4, 0.5) is 0 Å². The number of pyridine rings is 2. The van der Waals surface area contributed by atoms with Crippen LogP contribution in [0.1, 0.15) is 27.3 Å². The Balaban J connectivity index is 1.44. The number of fused-ring (bicyclic) bond motifs is 1. The zero-order valence-electron chi connectivity index (χ0n) is 15.3. The molecular formula is C22H17N5O. The number of nitrogens with one attached hydrogen (secondary N) is 1. The third-order valence-corrected chi connectivity index (χ3v) is 4.46. The van der Waals surface area contributed by atoms with Gasteiger partial charge in [-0.25, -0.2) is 4.98 Å². The van der Waals surface area contributed by atoms with Crippen LogP contribution in [-0.2, 0) is 6.54 Å². The van der Waals surface area contributed by atoms with Crippen LogP contribution in [0.15, 0.2) is 67.1 Å². The van der Waals surface area contributed by atoms with Crippen molar-refractivity contribution in [3.05, 3.63) is 89.6 Å². The van der Waals surface area contributed by atoms with Gasteiger partial charge in [0.25, 0.3) is 5.91 Å². The van der Waals surface area contributed by atoms with Gasteiger partial charge in [-0.2, -0.15) is 5.26 Å². The van der Waals surface area contributed by atoms with E-state index >= 15 is 0 Å². The van der Waals surface area contributed by atoms with Gasteiger partial charge in [0, 0.05) is 30.8 Å². The Morgan fingerprint density at radius 1 is 1.14 bits per heavy atom. The molecule has 0 saturated heterocycles. The standard InChI is InChI=1S/C22H17N5O/c1-15-10-19(6-8-24-15)18-4-2-16(3-5-18)13-25-22(28)20-14-27-9-7-17(12-23)11-21(27)26-20/h2-11,14H,13H2,1H3,(H,25,28). The molecule has 0 radical (unpaired) electrons. The summed E-state index contributed by atoms with van der Waals surface area (Å²) in [6, 6.07) is 17.5. The Kier molecular flexibility index (Phi) is 4.56. The Labute approximate surface area is 162 Å². The van der Waals surface area contributed by atoms with Gasteiger partial charge in [-0.1, -0.05) is 24.3 Å². The van der Waals surface area contributed by atoms with E-state index < -0.39 is 0 Å². The Morgan fingerprint density at radius 2 is 1.96 bits per heavy atom. The lowest BCUT2D eigenvalue weighted by molar-refractivity contribution is 0.0946. The van der Waals surface area contributed by atoms with Crippen LogP contribution in [-0.4, -0.2) is 20.3 Å². The van der Waals surface area contributed by atoms with Crippen LogP contribution in [0.2, 0.25) is 0 Å². The second-order valence-electron chi connectivity index (χ2n) is 6.48. The highest BCUT2D eigenvalue weighted by atomic mass is 16.1. The molecule has 136 valence electrons. The first-order valence-electron chi connectivity index (χ1n) is 8.81. The van der Waals surface area contributed by atoms with Gasteiger partial charge < -0.3 is 9.72 Å². The zero-order valence-corrected chi connectivity index (χ0v) is 15.3. The van der Waals surface area contributed by atoms with Crippen molar-refractivity contribution in [3.63, 3.8) is 0 Å². The van der Waals surface area contributed by atoms with Crippen molar-refractivity contribution in [2.75, 3.05) is 0 Å². The van der Waals surface area contributed by atoms with Gasteiger partial charge in [0.05, 0.1) is 11.6 Å². The van der Waals surface area contributed by atoms with Gasteiger partial charge in [-0.3, -0.25) is 9.78 Å². The molecule has 3 heterocycles. The minimum Gasteiger partial charge on any atom is -0.347 e. The highest BCUT2D eigenvalue weighted by molar-refractivity contribution is 5.92. The van der Waals surface area contributed by atoms with Crippen LogP contribution >= 0.6 is 0 Å². The second-order valence-corrected chi connectivity index (χ2v) is 6.48. The summed E-state index contributed by atoms with van der Waals surface area (Å²) in [5.41, 5.74) is 5.59. The highest BCUT2D eigenvalue weighted by Crippen LogP contribution is 2.20. The van der Waals surface area contributed by atoms with E-state index in [1.54, 1.807) is 35.1 Å². The summed E-state index contributed by atoms with van der Waals surface area (Å²) in [7, 11) is 0. The van der Waals surface area contributed by atoms with Crippen LogP contribution in [0.25, 0.3) is 16.8 Å². The lowest BCUT2D eigenvalue weighted by Crippen LogP contribution is -2.23. The van der Waals surface area contributed by atoms with Crippen molar-refractivity contribution in [1.29, 1.82) is 5.26 Å². The van der Waals surface area contributed by atoms with Crippen molar-refractivity contribution in [1.82, 2.24) is 19.7 Å². The number of imidazole rings is 1. The zero-order chi connectivity index (χ0) is 19.5. The minimum absolute atomic E-state index is 0.254. The molecule has 1 N–H and O–H groups in total. The van der Waals surface area contributed by atoms with E-state index in [0.717, 1.165) is 22.4 Å². The second kappa shape index (κ2) is 7.33. The summed E-state index contributed by atoms with van der Waals surface area (Å²) in [5.74, 6) is -0.254. The van der Waals surface area contributed by atoms with Gasteiger partial charge in [-0.05, 0) is 47.9 Å². The maximum Gasteiger partial charge on any atom is 0.271 e.